The molecule has 0 saturated carbocycles. The highest BCUT2D eigenvalue weighted by Crippen LogP contribution is 2.38. The molecule has 1 aromatic heterocycles. The summed E-state index contributed by atoms with van der Waals surface area (Å²) in [5.74, 6) is 0.106. The van der Waals surface area contributed by atoms with E-state index >= 15 is 0 Å². The minimum Gasteiger partial charge on any atom is -0.504 e. The molecule has 0 aliphatic rings. The fraction of sp³-hybridized carbons (Fsp3) is 0.118. The fourth-order valence-electron chi connectivity index (χ4n) is 2.31. The summed E-state index contributed by atoms with van der Waals surface area (Å²) in [5, 5.41) is 13.7. The number of methoxy groups -OCH3 is 2. The number of ether oxygens (including phenoxy) is 2. The van der Waals surface area contributed by atoms with Crippen LogP contribution in [0.3, 0.4) is 0 Å². The van der Waals surface area contributed by atoms with Crippen LogP contribution in [-0.4, -0.2) is 25.2 Å². The summed E-state index contributed by atoms with van der Waals surface area (Å²) < 4.78 is 15.5. The molecule has 2 N–H and O–H groups in total. The number of benzene rings is 2. The molecule has 1 amide bonds. The van der Waals surface area contributed by atoms with Crippen molar-refractivity contribution in [1.29, 1.82) is 0 Å². The maximum atomic E-state index is 12.4. The number of carbonyl (C=O) groups is 1. The van der Waals surface area contributed by atoms with Crippen molar-refractivity contribution < 1.29 is 23.8 Å². The second-order valence-electron chi connectivity index (χ2n) is 4.83. The Morgan fingerprint density at radius 3 is 2.52 bits per heavy atom. The highest BCUT2D eigenvalue weighted by atomic mass is 16.5. The van der Waals surface area contributed by atoms with Gasteiger partial charge in [0.05, 0.1) is 26.0 Å². The number of furan rings is 1. The summed E-state index contributed by atoms with van der Waals surface area (Å²) in [6.07, 6.45) is 1.47. The van der Waals surface area contributed by atoms with E-state index in [-0.39, 0.29) is 17.1 Å². The molecule has 6 heteroatoms. The minimum atomic E-state index is -0.450. The lowest BCUT2D eigenvalue weighted by Gasteiger charge is -2.10. The van der Waals surface area contributed by atoms with Crippen LogP contribution in [0.4, 0.5) is 5.69 Å². The van der Waals surface area contributed by atoms with Crippen LogP contribution in [0.1, 0.15) is 10.4 Å². The lowest BCUT2D eigenvalue weighted by Crippen LogP contribution is -2.12. The predicted molar refractivity (Wildman–Crippen MR) is 85.4 cm³/mol. The minimum absolute atomic E-state index is 0.103. The SMILES string of the molecule is COc1ccc(NC(=O)c2cc3ccoc3c(OC)c2O)cc1. The van der Waals surface area contributed by atoms with E-state index in [1.54, 1.807) is 43.5 Å². The molecule has 0 atom stereocenters. The third-order valence-electron chi connectivity index (χ3n) is 3.47. The van der Waals surface area contributed by atoms with Crippen molar-refractivity contribution in [1.82, 2.24) is 0 Å². The number of hydrogen-bond acceptors (Lipinski definition) is 5. The maximum Gasteiger partial charge on any atom is 0.259 e. The van der Waals surface area contributed by atoms with Gasteiger partial charge in [-0.25, -0.2) is 0 Å². The van der Waals surface area contributed by atoms with E-state index < -0.39 is 5.91 Å². The van der Waals surface area contributed by atoms with Crippen molar-refractivity contribution >= 4 is 22.6 Å². The molecule has 0 spiro atoms. The number of phenolic OH excluding ortho intramolecular Hbond substituents is 1. The largest absolute Gasteiger partial charge is 0.504 e. The first-order valence-electron chi connectivity index (χ1n) is 6.86. The van der Waals surface area contributed by atoms with E-state index in [0.29, 0.717) is 22.4 Å². The molecule has 2 aromatic carbocycles. The number of anilines is 1. The zero-order chi connectivity index (χ0) is 16.4. The Kier molecular flexibility index (Phi) is 3.80. The summed E-state index contributed by atoms with van der Waals surface area (Å²) in [6.45, 7) is 0. The molecule has 0 bridgehead atoms. The molecule has 0 aliphatic heterocycles. The average molecular weight is 313 g/mol. The molecule has 3 rings (SSSR count). The first kappa shape index (κ1) is 14.8. The van der Waals surface area contributed by atoms with Gasteiger partial charge < -0.3 is 24.3 Å². The molecule has 0 unspecified atom stereocenters. The van der Waals surface area contributed by atoms with Crippen molar-refractivity contribution in [2.75, 3.05) is 19.5 Å². The van der Waals surface area contributed by atoms with Crippen LogP contribution in [0, 0.1) is 0 Å². The van der Waals surface area contributed by atoms with Crippen LogP contribution in [0.2, 0.25) is 0 Å². The second-order valence-corrected chi connectivity index (χ2v) is 4.83. The molecule has 118 valence electrons. The monoisotopic (exact) mass is 313 g/mol. The van der Waals surface area contributed by atoms with E-state index in [0.717, 1.165) is 0 Å². The van der Waals surface area contributed by atoms with Crippen LogP contribution in [-0.2, 0) is 0 Å². The van der Waals surface area contributed by atoms with E-state index in [1.807, 2.05) is 0 Å². The van der Waals surface area contributed by atoms with Crippen LogP contribution < -0.4 is 14.8 Å². The van der Waals surface area contributed by atoms with Crippen LogP contribution in [0.25, 0.3) is 11.0 Å². The maximum absolute atomic E-state index is 12.4. The number of hydrogen-bond donors (Lipinski definition) is 2. The van der Waals surface area contributed by atoms with Crippen LogP contribution in [0.15, 0.2) is 47.1 Å². The quantitative estimate of drug-likeness (QED) is 0.771. The topological polar surface area (TPSA) is 80.9 Å². The van der Waals surface area contributed by atoms with Gasteiger partial charge in [0.1, 0.15) is 5.75 Å². The summed E-state index contributed by atoms with van der Waals surface area (Å²) in [7, 11) is 2.97. The number of carbonyl (C=O) groups excluding carboxylic acids is 1. The molecule has 0 saturated heterocycles. The van der Waals surface area contributed by atoms with Crippen molar-refractivity contribution in [2.45, 2.75) is 0 Å². The summed E-state index contributed by atoms with van der Waals surface area (Å²) in [4.78, 5) is 12.4. The van der Waals surface area contributed by atoms with Crippen LogP contribution >= 0.6 is 0 Å². The number of nitrogens with one attached hydrogen (secondary N) is 1. The fourth-order valence-corrected chi connectivity index (χ4v) is 2.31. The summed E-state index contributed by atoms with van der Waals surface area (Å²) in [6, 6.07) is 10.1. The Balaban J connectivity index is 1.95. The molecule has 23 heavy (non-hydrogen) atoms. The van der Waals surface area contributed by atoms with Gasteiger partial charge >= 0.3 is 0 Å². The van der Waals surface area contributed by atoms with Crippen molar-refractivity contribution in [2.24, 2.45) is 0 Å². The average Bonchev–Trinajstić information content (AvgIpc) is 3.03. The molecule has 0 aliphatic carbocycles. The van der Waals surface area contributed by atoms with E-state index in [4.69, 9.17) is 13.9 Å². The van der Waals surface area contributed by atoms with E-state index in [2.05, 4.69) is 5.32 Å². The first-order chi connectivity index (χ1) is 11.1. The molecular formula is C17H15NO5. The first-order valence-corrected chi connectivity index (χ1v) is 6.86. The normalized spacial score (nSPS) is 10.5. The smallest absolute Gasteiger partial charge is 0.259 e. The van der Waals surface area contributed by atoms with Gasteiger partial charge in [-0.3, -0.25) is 4.79 Å². The van der Waals surface area contributed by atoms with Gasteiger partial charge in [-0.05, 0) is 36.4 Å². The zero-order valence-corrected chi connectivity index (χ0v) is 12.6. The molecule has 0 fully saturated rings. The Labute approximate surface area is 132 Å². The van der Waals surface area contributed by atoms with E-state index in [9.17, 15) is 9.90 Å². The highest BCUT2D eigenvalue weighted by molar-refractivity contribution is 6.09. The second kappa shape index (κ2) is 5.92. The van der Waals surface area contributed by atoms with Crippen molar-refractivity contribution in [3.8, 4) is 17.2 Å². The van der Waals surface area contributed by atoms with Gasteiger partial charge in [0, 0.05) is 11.1 Å². The number of rotatable bonds is 4. The lowest BCUT2D eigenvalue weighted by atomic mass is 10.1. The van der Waals surface area contributed by atoms with Crippen molar-refractivity contribution in [3.63, 3.8) is 0 Å². The van der Waals surface area contributed by atoms with Gasteiger partial charge in [-0.15, -0.1) is 0 Å². The van der Waals surface area contributed by atoms with Gasteiger partial charge in [0.15, 0.2) is 11.3 Å². The number of amides is 1. The number of aromatic hydroxyl groups is 1. The lowest BCUT2D eigenvalue weighted by molar-refractivity contribution is 0.102. The number of fused-ring (bicyclic) bond motifs is 1. The van der Waals surface area contributed by atoms with E-state index in [1.165, 1.54) is 13.4 Å². The summed E-state index contributed by atoms with van der Waals surface area (Å²) in [5.41, 5.74) is 1.08. The molecular weight excluding hydrogens is 298 g/mol. The third-order valence-corrected chi connectivity index (χ3v) is 3.47. The molecule has 0 radical (unpaired) electrons. The Bertz CT molecular complexity index is 851. The number of phenols is 1. The third kappa shape index (κ3) is 2.66. The molecule has 1 heterocycles. The predicted octanol–water partition coefficient (Wildman–Crippen LogP) is 3.41. The summed E-state index contributed by atoms with van der Waals surface area (Å²) >= 11 is 0. The molecule has 3 aromatic rings. The molecule has 6 nitrogen and oxygen atoms in total. The highest BCUT2D eigenvalue weighted by Gasteiger charge is 2.20. The van der Waals surface area contributed by atoms with Gasteiger partial charge in [0.25, 0.3) is 5.91 Å². The standard InChI is InChI=1S/C17H15NO5/c1-21-12-5-3-11(4-6-12)18-17(20)13-9-10-7-8-23-15(10)16(22-2)14(13)19/h3-9,19H,1-2H3,(H,18,20). The Morgan fingerprint density at radius 2 is 1.87 bits per heavy atom. The van der Waals surface area contributed by atoms with Gasteiger partial charge in [-0.2, -0.15) is 0 Å². The van der Waals surface area contributed by atoms with Crippen LogP contribution in [0.5, 0.6) is 17.2 Å². The Morgan fingerprint density at radius 1 is 1.13 bits per heavy atom. The van der Waals surface area contributed by atoms with Gasteiger partial charge in [0.2, 0.25) is 5.75 Å². The van der Waals surface area contributed by atoms with Crippen molar-refractivity contribution in [3.05, 3.63) is 48.2 Å². The Hall–Kier alpha value is -3.15. The zero-order valence-electron chi connectivity index (χ0n) is 12.6. The van der Waals surface area contributed by atoms with Gasteiger partial charge in [-0.1, -0.05) is 0 Å².